The number of fused-ring (bicyclic) bond motifs is 1. The molecular weight excluding hydrogens is 516 g/mol. The summed E-state index contributed by atoms with van der Waals surface area (Å²) in [6, 6.07) is 21.8. The molecule has 0 bridgehead atoms. The lowest BCUT2D eigenvalue weighted by atomic mass is 10.2. The second-order valence-corrected chi connectivity index (χ2v) is 9.31. The molecule has 0 unspecified atom stereocenters. The van der Waals surface area contributed by atoms with Crippen molar-refractivity contribution in [1.29, 1.82) is 0 Å². The molecule has 10 nitrogen and oxygen atoms in total. The molecule has 2 aromatic heterocycles. The molecule has 0 aliphatic heterocycles. The molecule has 0 radical (unpaired) electrons. The van der Waals surface area contributed by atoms with Crippen molar-refractivity contribution in [3.8, 4) is 17.2 Å². The van der Waals surface area contributed by atoms with Gasteiger partial charge in [0.15, 0.2) is 0 Å². The van der Waals surface area contributed by atoms with Gasteiger partial charge >= 0.3 is 6.03 Å². The van der Waals surface area contributed by atoms with Crippen LogP contribution in [-0.2, 0) is 0 Å². The number of amides is 2. The number of nitrogens with one attached hydrogen (secondary N) is 4. The molecule has 11 heteroatoms. The van der Waals surface area contributed by atoms with Gasteiger partial charge < -0.3 is 29.8 Å². The number of carbonyl (C=O) groups excluding carboxylic acids is 1. The first-order valence-corrected chi connectivity index (χ1v) is 12.7. The number of aromatic nitrogens is 3. The first-order chi connectivity index (χ1) is 19.0. The number of anilines is 4. The van der Waals surface area contributed by atoms with Gasteiger partial charge in [-0.2, -0.15) is 4.98 Å². The molecule has 39 heavy (non-hydrogen) atoms. The van der Waals surface area contributed by atoms with Gasteiger partial charge in [0, 0.05) is 57.6 Å². The SMILES string of the molecule is COc1ccc(NC(=O)Nc2nc(Nc3cc(OC)cc(OC)c3)cc(Sc3c[nH]c4ccccc34)n2)cc1. The molecule has 0 atom stereocenters. The van der Waals surface area contributed by atoms with Gasteiger partial charge in [0.05, 0.1) is 21.3 Å². The molecule has 5 rings (SSSR count). The van der Waals surface area contributed by atoms with Crippen LogP contribution in [0.1, 0.15) is 0 Å². The minimum Gasteiger partial charge on any atom is -0.497 e. The number of hydrogen-bond donors (Lipinski definition) is 4. The number of hydrogen-bond acceptors (Lipinski definition) is 8. The Morgan fingerprint density at radius 1 is 0.795 bits per heavy atom. The Bertz CT molecular complexity index is 1580. The zero-order valence-electron chi connectivity index (χ0n) is 21.4. The van der Waals surface area contributed by atoms with E-state index in [1.807, 2.05) is 48.7 Å². The summed E-state index contributed by atoms with van der Waals surface area (Å²) in [5, 5.41) is 10.5. The Morgan fingerprint density at radius 3 is 2.23 bits per heavy atom. The monoisotopic (exact) mass is 542 g/mol. The Labute approximate surface area is 229 Å². The average Bonchev–Trinajstić information content (AvgIpc) is 3.35. The number of ether oxygens (including phenoxy) is 3. The highest BCUT2D eigenvalue weighted by molar-refractivity contribution is 7.99. The van der Waals surface area contributed by atoms with Crippen LogP contribution < -0.4 is 30.2 Å². The number of carbonyl (C=O) groups is 1. The number of urea groups is 1. The Hall–Kier alpha value is -4.90. The molecule has 0 fully saturated rings. The van der Waals surface area contributed by atoms with E-state index in [9.17, 15) is 4.79 Å². The van der Waals surface area contributed by atoms with Crippen molar-refractivity contribution >= 4 is 51.8 Å². The standard InChI is InChI=1S/C28H26N6O4S/c1-36-19-10-8-17(9-11-19)31-28(35)34-27-32-25(30-18-12-20(37-2)14-21(13-18)38-3)15-26(33-27)39-24-16-29-23-7-5-4-6-22(23)24/h4-16,29H,1-3H3,(H3,30,31,32,33,34,35). The highest BCUT2D eigenvalue weighted by Gasteiger charge is 2.13. The van der Waals surface area contributed by atoms with Crippen LogP contribution in [0, 0.1) is 0 Å². The van der Waals surface area contributed by atoms with E-state index in [-0.39, 0.29) is 5.95 Å². The molecule has 3 aromatic carbocycles. The lowest BCUT2D eigenvalue weighted by Gasteiger charge is -2.13. The van der Waals surface area contributed by atoms with E-state index in [0.29, 0.717) is 39.5 Å². The third-order valence-corrected chi connectivity index (χ3v) is 6.64. The van der Waals surface area contributed by atoms with Crippen LogP contribution in [0.4, 0.5) is 27.9 Å². The van der Waals surface area contributed by atoms with Crippen LogP contribution in [0.3, 0.4) is 0 Å². The quantitative estimate of drug-likeness (QED) is 0.155. The zero-order chi connectivity index (χ0) is 27.2. The number of aromatic amines is 1. The molecule has 198 valence electrons. The van der Waals surface area contributed by atoms with Gasteiger partial charge in [0.2, 0.25) is 5.95 Å². The maximum Gasteiger partial charge on any atom is 0.326 e. The molecule has 0 saturated carbocycles. The van der Waals surface area contributed by atoms with Crippen molar-refractivity contribution in [1.82, 2.24) is 15.0 Å². The Morgan fingerprint density at radius 2 is 1.51 bits per heavy atom. The second kappa shape index (κ2) is 11.7. The summed E-state index contributed by atoms with van der Waals surface area (Å²) in [5.41, 5.74) is 2.31. The van der Waals surface area contributed by atoms with E-state index in [1.54, 1.807) is 51.7 Å². The fraction of sp³-hybridized carbons (Fsp3) is 0.107. The van der Waals surface area contributed by atoms with Crippen LogP contribution in [0.2, 0.25) is 0 Å². The lowest BCUT2D eigenvalue weighted by molar-refractivity contribution is 0.262. The molecule has 5 aromatic rings. The third kappa shape index (κ3) is 6.33. The number of methoxy groups -OCH3 is 3. The number of rotatable bonds is 9. The first kappa shape index (κ1) is 25.7. The first-order valence-electron chi connectivity index (χ1n) is 11.9. The van der Waals surface area contributed by atoms with Crippen LogP contribution in [0.5, 0.6) is 17.2 Å². The molecule has 0 aliphatic rings. The summed E-state index contributed by atoms with van der Waals surface area (Å²) in [5.74, 6) is 2.54. The molecule has 0 spiro atoms. The van der Waals surface area contributed by atoms with Crippen molar-refractivity contribution in [2.75, 3.05) is 37.3 Å². The van der Waals surface area contributed by atoms with E-state index in [4.69, 9.17) is 14.2 Å². The number of para-hydroxylation sites is 1. The highest BCUT2D eigenvalue weighted by Crippen LogP contribution is 2.35. The minimum atomic E-state index is -0.483. The van der Waals surface area contributed by atoms with Gasteiger partial charge in [0.1, 0.15) is 28.1 Å². The predicted octanol–water partition coefficient (Wildman–Crippen LogP) is 6.52. The minimum absolute atomic E-state index is 0.128. The predicted molar refractivity (Wildman–Crippen MR) is 153 cm³/mol. The normalized spacial score (nSPS) is 10.6. The summed E-state index contributed by atoms with van der Waals surface area (Å²) in [6.07, 6.45) is 1.93. The summed E-state index contributed by atoms with van der Waals surface area (Å²) in [4.78, 5) is 26.2. The van der Waals surface area contributed by atoms with E-state index in [2.05, 4.69) is 30.9 Å². The summed E-state index contributed by atoms with van der Waals surface area (Å²) < 4.78 is 15.9. The molecule has 0 saturated heterocycles. The highest BCUT2D eigenvalue weighted by atomic mass is 32.2. The van der Waals surface area contributed by atoms with Gasteiger partial charge in [-0.1, -0.05) is 30.0 Å². The Kier molecular flexibility index (Phi) is 7.69. The van der Waals surface area contributed by atoms with Crippen molar-refractivity contribution in [3.05, 3.63) is 79.0 Å². The lowest BCUT2D eigenvalue weighted by Crippen LogP contribution is -2.21. The van der Waals surface area contributed by atoms with Crippen LogP contribution in [0.15, 0.2) is 88.9 Å². The van der Waals surface area contributed by atoms with E-state index >= 15 is 0 Å². The largest absolute Gasteiger partial charge is 0.497 e. The van der Waals surface area contributed by atoms with E-state index < -0.39 is 6.03 Å². The van der Waals surface area contributed by atoms with Crippen LogP contribution in [0.25, 0.3) is 10.9 Å². The summed E-state index contributed by atoms with van der Waals surface area (Å²) in [7, 11) is 4.76. The van der Waals surface area contributed by atoms with Gasteiger partial charge in [-0.05, 0) is 30.3 Å². The summed E-state index contributed by atoms with van der Waals surface area (Å²) in [6.45, 7) is 0. The van der Waals surface area contributed by atoms with Gasteiger partial charge in [0.25, 0.3) is 0 Å². The van der Waals surface area contributed by atoms with Crippen molar-refractivity contribution in [3.63, 3.8) is 0 Å². The van der Waals surface area contributed by atoms with E-state index in [1.165, 1.54) is 11.8 Å². The van der Waals surface area contributed by atoms with Gasteiger partial charge in [-0.15, -0.1) is 0 Å². The van der Waals surface area contributed by atoms with Crippen LogP contribution >= 0.6 is 11.8 Å². The number of benzene rings is 3. The molecular formula is C28H26N6O4S. The number of nitrogens with zero attached hydrogens (tertiary/aromatic N) is 2. The van der Waals surface area contributed by atoms with Gasteiger partial charge in [-0.3, -0.25) is 5.32 Å². The van der Waals surface area contributed by atoms with E-state index in [0.717, 1.165) is 15.8 Å². The molecule has 4 N–H and O–H groups in total. The second-order valence-electron chi connectivity index (χ2n) is 8.25. The number of H-pyrrole nitrogens is 1. The zero-order valence-corrected chi connectivity index (χ0v) is 22.3. The van der Waals surface area contributed by atoms with Crippen molar-refractivity contribution < 1.29 is 19.0 Å². The third-order valence-electron chi connectivity index (χ3n) is 5.67. The van der Waals surface area contributed by atoms with Crippen molar-refractivity contribution in [2.45, 2.75) is 9.92 Å². The fourth-order valence-electron chi connectivity index (χ4n) is 3.80. The maximum absolute atomic E-state index is 12.8. The van der Waals surface area contributed by atoms with Gasteiger partial charge in [-0.25, -0.2) is 9.78 Å². The maximum atomic E-state index is 12.8. The van der Waals surface area contributed by atoms with Crippen LogP contribution in [-0.4, -0.2) is 42.3 Å². The topological polar surface area (TPSA) is 122 Å². The fourth-order valence-corrected chi connectivity index (χ4v) is 4.74. The molecule has 0 aliphatic carbocycles. The summed E-state index contributed by atoms with van der Waals surface area (Å²) >= 11 is 1.46. The average molecular weight is 543 g/mol. The molecule has 2 heterocycles. The smallest absolute Gasteiger partial charge is 0.326 e. The van der Waals surface area contributed by atoms with Crippen molar-refractivity contribution in [2.24, 2.45) is 0 Å². The Balaban J connectivity index is 1.43. The molecule has 2 amide bonds.